The van der Waals surface area contributed by atoms with Crippen LogP contribution >= 0.6 is 0 Å². The smallest absolute Gasteiger partial charge is 0.416 e. The van der Waals surface area contributed by atoms with Crippen molar-refractivity contribution in [2.45, 2.75) is 45.0 Å². The van der Waals surface area contributed by atoms with Gasteiger partial charge >= 0.3 is 18.2 Å². The molecule has 9 heteroatoms. The number of rotatable bonds is 4. The molecule has 0 bridgehead atoms. The number of nitrogens with one attached hydrogen (secondary N) is 1. The lowest BCUT2D eigenvalue weighted by Gasteiger charge is -2.22. The van der Waals surface area contributed by atoms with E-state index in [1.807, 2.05) is 5.32 Å². The summed E-state index contributed by atoms with van der Waals surface area (Å²) in [5.74, 6) is -2.64. The zero-order chi connectivity index (χ0) is 18.7. The molecule has 1 aromatic rings. The standard InChI is InChI=1S/C15H17F4NO4/c1-14(2,3)24-13(23)20-11(12(21)22)6-8-4-5-9(16)7-10(8)15(17,18)19/h4-5,7,11H,6H2,1-3H3,(H,20,23)(H,21,22)/t11-/m1/s1. The van der Waals surface area contributed by atoms with E-state index in [1.165, 1.54) is 0 Å². The van der Waals surface area contributed by atoms with Crippen LogP contribution in [0.15, 0.2) is 18.2 Å². The summed E-state index contributed by atoms with van der Waals surface area (Å²) in [5.41, 5.74) is -2.65. The van der Waals surface area contributed by atoms with Crippen LogP contribution in [0.25, 0.3) is 0 Å². The summed E-state index contributed by atoms with van der Waals surface area (Å²) in [6.07, 6.45) is -6.61. The first-order chi connectivity index (χ1) is 10.8. The summed E-state index contributed by atoms with van der Waals surface area (Å²) in [6, 6.07) is 0.246. The van der Waals surface area contributed by atoms with Crippen LogP contribution in [0.3, 0.4) is 0 Å². The van der Waals surface area contributed by atoms with Gasteiger partial charge in [-0.3, -0.25) is 0 Å². The van der Waals surface area contributed by atoms with Gasteiger partial charge in [0.15, 0.2) is 0 Å². The predicted molar refractivity (Wildman–Crippen MR) is 75.9 cm³/mol. The Morgan fingerprint density at radius 2 is 1.83 bits per heavy atom. The largest absolute Gasteiger partial charge is 0.480 e. The maximum atomic E-state index is 13.1. The van der Waals surface area contributed by atoms with Gasteiger partial charge in [-0.05, 0) is 38.5 Å². The molecule has 0 radical (unpaired) electrons. The van der Waals surface area contributed by atoms with E-state index in [2.05, 4.69) is 0 Å². The number of halogens is 4. The van der Waals surface area contributed by atoms with Crippen LogP contribution in [0, 0.1) is 5.82 Å². The molecule has 2 N–H and O–H groups in total. The van der Waals surface area contributed by atoms with Crippen molar-refractivity contribution in [1.82, 2.24) is 5.32 Å². The van der Waals surface area contributed by atoms with E-state index in [-0.39, 0.29) is 6.07 Å². The van der Waals surface area contributed by atoms with Gasteiger partial charge in [0.05, 0.1) is 5.56 Å². The molecule has 1 aromatic carbocycles. The Morgan fingerprint density at radius 3 is 2.29 bits per heavy atom. The van der Waals surface area contributed by atoms with Crippen molar-refractivity contribution in [2.24, 2.45) is 0 Å². The number of aliphatic carboxylic acids is 1. The van der Waals surface area contributed by atoms with Crippen molar-refractivity contribution in [3.63, 3.8) is 0 Å². The third-order valence-corrected chi connectivity index (χ3v) is 2.79. The lowest BCUT2D eigenvalue weighted by molar-refractivity contribution is -0.141. The Hall–Kier alpha value is -2.32. The number of benzene rings is 1. The number of alkyl carbamates (subject to hydrolysis) is 1. The van der Waals surface area contributed by atoms with Gasteiger partial charge in [0.25, 0.3) is 0 Å². The first-order valence-corrected chi connectivity index (χ1v) is 6.87. The van der Waals surface area contributed by atoms with Crippen LogP contribution in [0.1, 0.15) is 31.9 Å². The second-order valence-corrected chi connectivity index (χ2v) is 6.04. The Kier molecular flexibility index (Phi) is 5.80. The van der Waals surface area contributed by atoms with Gasteiger partial charge in [0, 0.05) is 6.42 Å². The van der Waals surface area contributed by atoms with Gasteiger partial charge in [-0.25, -0.2) is 14.0 Å². The van der Waals surface area contributed by atoms with Crippen molar-refractivity contribution in [3.8, 4) is 0 Å². The average molecular weight is 351 g/mol. The van der Waals surface area contributed by atoms with Gasteiger partial charge in [-0.15, -0.1) is 0 Å². The molecular formula is C15H17F4NO4. The maximum Gasteiger partial charge on any atom is 0.416 e. The molecule has 0 aliphatic rings. The molecule has 0 spiro atoms. The molecule has 5 nitrogen and oxygen atoms in total. The highest BCUT2D eigenvalue weighted by Gasteiger charge is 2.35. The van der Waals surface area contributed by atoms with Crippen LogP contribution < -0.4 is 5.32 Å². The third kappa shape index (κ3) is 6.05. The van der Waals surface area contributed by atoms with Crippen LogP contribution in [0.5, 0.6) is 0 Å². The molecule has 24 heavy (non-hydrogen) atoms. The fraction of sp³-hybridized carbons (Fsp3) is 0.467. The van der Waals surface area contributed by atoms with Crippen LogP contribution in [-0.4, -0.2) is 28.8 Å². The van der Waals surface area contributed by atoms with Crippen molar-refractivity contribution >= 4 is 12.1 Å². The Labute approximate surface area is 135 Å². The number of alkyl halides is 3. The number of carbonyl (C=O) groups excluding carboxylic acids is 1. The summed E-state index contributed by atoms with van der Waals surface area (Å²) in [7, 11) is 0. The SMILES string of the molecule is CC(C)(C)OC(=O)N[C@H](Cc1ccc(F)cc1C(F)(F)F)C(=O)O. The van der Waals surface area contributed by atoms with Crippen molar-refractivity contribution in [3.05, 3.63) is 35.1 Å². The molecule has 0 aliphatic heterocycles. The average Bonchev–Trinajstić information content (AvgIpc) is 2.36. The minimum Gasteiger partial charge on any atom is -0.480 e. The zero-order valence-corrected chi connectivity index (χ0v) is 13.2. The summed E-state index contributed by atoms with van der Waals surface area (Å²) < 4.78 is 56.8. The van der Waals surface area contributed by atoms with Crippen LogP contribution in [0.2, 0.25) is 0 Å². The third-order valence-electron chi connectivity index (χ3n) is 2.79. The van der Waals surface area contributed by atoms with Gasteiger partial charge < -0.3 is 15.2 Å². The van der Waals surface area contributed by atoms with E-state index in [0.717, 1.165) is 12.1 Å². The Bertz CT molecular complexity index is 623. The summed E-state index contributed by atoms with van der Waals surface area (Å²) in [5, 5.41) is 11.1. The van der Waals surface area contributed by atoms with Crippen LogP contribution in [0.4, 0.5) is 22.4 Å². The van der Waals surface area contributed by atoms with Gasteiger partial charge in [-0.2, -0.15) is 13.2 Å². The molecule has 0 saturated carbocycles. The van der Waals surface area contributed by atoms with Gasteiger partial charge in [0.1, 0.15) is 17.5 Å². The molecule has 1 rings (SSSR count). The van der Waals surface area contributed by atoms with E-state index >= 15 is 0 Å². The van der Waals surface area contributed by atoms with Gasteiger partial charge in [0.2, 0.25) is 0 Å². The van der Waals surface area contributed by atoms with Crippen molar-refractivity contribution in [1.29, 1.82) is 0 Å². The normalized spacial score (nSPS) is 13.3. The molecule has 0 heterocycles. The topological polar surface area (TPSA) is 75.6 Å². The Morgan fingerprint density at radius 1 is 1.25 bits per heavy atom. The monoisotopic (exact) mass is 351 g/mol. The van der Waals surface area contributed by atoms with Crippen molar-refractivity contribution in [2.75, 3.05) is 0 Å². The van der Waals surface area contributed by atoms with Crippen LogP contribution in [-0.2, 0) is 22.1 Å². The number of carboxylic acid groups (broad SMARTS) is 1. The number of hydrogen-bond acceptors (Lipinski definition) is 3. The highest BCUT2D eigenvalue weighted by atomic mass is 19.4. The van der Waals surface area contributed by atoms with Gasteiger partial charge in [-0.1, -0.05) is 6.07 Å². The van der Waals surface area contributed by atoms with E-state index in [0.29, 0.717) is 0 Å². The summed E-state index contributed by atoms with van der Waals surface area (Å²) in [4.78, 5) is 22.8. The minimum absolute atomic E-state index is 0.279. The molecule has 134 valence electrons. The second kappa shape index (κ2) is 7.06. The molecule has 0 aromatic heterocycles. The lowest BCUT2D eigenvalue weighted by Crippen LogP contribution is -2.44. The zero-order valence-electron chi connectivity index (χ0n) is 13.2. The number of ether oxygens (including phenoxy) is 1. The second-order valence-electron chi connectivity index (χ2n) is 6.04. The molecule has 0 fully saturated rings. The van der Waals surface area contributed by atoms with E-state index in [4.69, 9.17) is 9.84 Å². The highest BCUT2D eigenvalue weighted by molar-refractivity contribution is 5.80. The number of hydrogen-bond donors (Lipinski definition) is 2. The molecular weight excluding hydrogens is 334 g/mol. The lowest BCUT2D eigenvalue weighted by atomic mass is 9.99. The summed E-state index contributed by atoms with van der Waals surface area (Å²) >= 11 is 0. The quantitative estimate of drug-likeness (QED) is 0.816. The van der Waals surface area contributed by atoms with E-state index < -0.39 is 53.2 Å². The molecule has 1 atom stereocenters. The first-order valence-electron chi connectivity index (χ1n) is 6.87. The van der Waals surface area contributed by atoms with Crippen molar-refractivity contribution < 1.29 is 37.0 Å². The number of carboxylic acids is 1. The fourth-order valence-electron chi connectivity index (χ4n) is 1.86. The molecule has 0 aliphatic carbocycles. The molecule has 0 unspecified atom stereocenters. The minimum atomic E-state index is -4.85. The maximum absolute atomic E-state index is 13.1. The number of carbonyl (C=O) groups is 2. The van der Waals surface area contributed by atoms with E-state index in [1.54, 1.807) is 20.8 Å². The molecule has 1 amide bonds. The van der Waals surface area contributed by atoms with E-state index in [9.17, 15) is 27.2 Å². The predicted octanol–water partition coefficient (Wildman–Crippen LogP) is 3.36. The first kappa shape index (κ1) is 19.7. The fourth-order valence-corrected chi connectivity index (χ4v) is 1.86. The number of amides is 1. The highest BCUT2D eigenvalue weighted by Crippen LogP contribution is 2.33. The Balaban J connectivity index is 3.02. The molecule has 0 saturated heterocycles. The summed E-state index contributed by atoms with van der Waals surface area (Å²) in [6.45, 7) is 4.64.